The third kappa shape index (κ3) is 4.13. The average Bonchev–Trinajstić information content (AvgIpc) is 2.72. The van der Waals surface area contributed by atoms with Crippen LogP contribution in [-0.2, 0) is 13.2 Å². The predicted octanol–water partition coefficient (Wildman–Crippen LogP) is 6.99. The summed E-state index contributed by atoms with van der Waals surface area (Å²) < 4.78 is 6.21. The second kappa shape index (κ2) is 8.37. The molecule has 0 radical (unpaired) electrons. The minimum Gasteiger partial charge on any atom is -0.489 e. The van der Waals surface area contributed by atoms with E-state index in [2.05, 4.69) is 66.8 Å². The molecule has 0 atom stereocenters. The molecule has 28 heavy (non-hydrogen) atoms. The topological polar surface area (TPSA) is 21.3 Å². The fourth-order valence-electron chi connectivity index (χ4n) is 3.36. The molecule has 0 fully saturated rings. The Bertz CT molecular complexity index is 1100. The molecule has 4 rings (SSSR count). The highest BCUT2D eigenvalue weighted by Gasteiger charge is 2.08. The molecule has 2 nitrogen and oxygen atoms in total. The van der Waals surface area contributed by atoms with Crippen LogP contribution in [0.5, 0.6) is 5.75 Å². The Morgan fingerprint density at radius 1 is 0.821 bits per heavy atom. The number of nitrogens with one attached hydrogen (secondary N) is 1. The first-order valence-corrected chi connectivity index (χ1v) is 9.76. The Hall–Kier alpha value is -2.97. The van der Waals surface area contributed by atoms with Crippen molar-refractivity contribution in [3.05, 3.63) is 107 Å². The second-order valence-corrected chi connectivity index (χ2v) is 7.28. The number of halogens is 1. The zero-order valence-corrected chi connectivity index (χ0v) is 16.5. The first-order chi connectivity index (χ1) is 13.7. The molecule has 0 heterocycles. The van der Waals surface area contributed by atoms with E-state index in [1.807, 2.05) is 30.3 Å². The summed E-state index contributed by atoms with van der Waals surface area (Å²) in [7, 11) is 0. The molecule has 4 aromatic carbocycles. The number of rotatable bonds is 6. The van der Waals surface area contributed by atoms with Gasteiger partial charge in [-0.05, 0) is 53.1 Å². The van der Waals surface area contributed by atoms with Crippen molar-refractivity contribution in [3.63, 3.8) is 0 Å². The van der Waals surface area contributed by atoms with Gasteiger partial charge in [-0.1, -0.05) is 72.3 Å². The first kappa shape index (κ1) is 18.4. The predicted molar refractivity (Wildman–Crippen MR) is 118 cm³/mol. The molecule has 0 aliphatic heterocycles. The highest BCUT2D eigenvalue weighted by atomic mass is 35.5. The Balaban J connectivity index is 1.54. The van der Waals surface area contributed by atoms with E-state index in [0.29, 0.717) is 18.2 Å². The van der Waals surface area contributed by atoms with Crippen LogP contribution in [-0.4, -0.2) is 0 Å². The van der Waals surface area contributed by atoms with Crippen LogP contribution in [0.1, 0.15) is 16.7 Å². The lowest BCUT2D eigenvalue weighted by molar-refractivity contribution is 0.305. The molecule has 0 saturated carbocycles. The summed E-state index contributed by atoms with van der Waals surface area (Å²) in [5, 5.41) is 6.64. The van der Waals surface area contributed by atoms with Crippen molar-refractivity contribution >= 4 is 28.1 Å². The van der Waals surface area contributed by atoms with E-state index in [-0.39, 0.29) is 0 Å². The van der Waals surface area contributed by atoms with Crippen molar-refractivity contribution in [2.75, 3.05) is 5.32 Å². The quantitative estimate of drug-likeness (QED) is 0.384. The van der Waals surface area contributed by atoms with Crippen LogP contribution in [0.4, 0.5) is 5.69 Å². The van der Waals surface area contributed by atoms with Crippen LogP contribution in [0.3, 0.4) is 0 Å². The molecule has 0 amide bonds. The van der Waals surface area contributed by atoms with Gasteiger partial charge in [0.25, 0.3) is 0 Å². The van der Waals surface area contributed by atoms with E-state index in [1.54, 1.807) is 0 Å². The lowest BCUT2D eigenvalue weighted by Crippen LogP contribution is -2.05. The van der Waals surface area contributed by atoms with Crippen molar-refractivity contribution < 1.29 is 4.74 Å². The molecule has 0 spiro atoms. The third-order valence-electron chi connectivity index (χ3n) is 4.90. The normalized spacial score (nSPS) is 10.8. The highest BCUT2D eigenvalue weighted by Crippen LogP contribution is 2.27. The Labute approximate surface area is 170 Å². The number of para-hydroxylation sites is 1. The summed E-state index contributed by atoms with van der Waals surface area (Å²) in [6, 6.07) is 28.7. The summed E-state index contributed by atoms with van der Waals surface area (Å²) in [5.41, 5.74) is 4.53. The van der Waals surface area contributed by atoms with Gasteiger partial charge in [0.1, 0.15) is 12.4 Å². The van der Waals surface area contributed by atoms with Crippen molar-refractivity contribution in [2.45, 2.75) is 20.1 Å². The lowest BCUT2D eigenvalue weighted by atomic mass is 10.1. The van der Waals surface area contributed by atoms with Gasteiger partial charge in [-0.3, -0.25) is 0 Å². The van der Waals surface area contributed by atoms with Crippen LogP contribution in [0, 0.1) is 6.92 Å². The number of hydrogen-bond acceptors (Lipinski definition) is 2. The number of anilines is 1. The average molecular weight is 388 g/mol. The zero-order valence-electron chi connectivity index (χ0n) is 15.8. The molecule has 0 unspecified atom stereocenters. The Morgan fingerprint density at radius 3 is 2.50 bits per heavy atom. The van der Waals surface area contributed by atoms with Gasteiger partial charge in [0, 0.05) is 22.8 Å². The largest absolute Gasteiger partial charge is 0.489 e. The maximum absolute atomic E-state index is 6.24. The molecule has 0 saturated heterocycles. The fourth-order valence-corrected chi connectivity index (χ4v) is 3.56. The molecule has 0 aromatic heterocycles. The number of hydrogen-bond donors (Lipinski definition) is 1. The number of fused-ring (bicyclic) bond motifs is 1. The van der Waals surface area contributed by atoms with E-state index in [0.717, 1.165) is 17.0 Å². The second-order valence-electron chi connectivity index (χ2n) is 6.85. The SMILES string of the molecule is Cc1ccccc1NCc1cc(Cl)ccc1OCc1cccc2ccccc12. The van der Waals surface area contributed by atoms with Gasteiger partial charge in [-0.25, -0.2) is 0 Å². The lowest BCUT2D eigenvalue weighted by Gasteiger charge is -2.15. The van der Waals surface area contributed by atoms with Gasteiger partial charge in [0.05, 0.1) is 0 Å². The number of aryl methyl sites for hydroxylation is 1. The number of ether oxygens (including phenoxy) is 1. The molecule has 4 aromatic rings. The van der Waals surface area contributed by atoms with Crippen LogP contribution in [0.15, 0.2) is 84.9 Å². The Morgan fingerprint density at radius 2 is 1.61 bits per heavy atom. The van der Waals surface area contributed by atoms with Crippen molar-refractivity contribution in [2.24, 2.45) is 0 Å². The minimum absolute atomic E-state index is 0.514. The fraction of sp³-hybridized carbons (Fsp3) is 0.120. The summed E-state index contributed by atoms with van der Waals surface area (Å²) in [6.45, 7) is 3.26. The van der Waals surface area contributed by atoms with Crippen molar-refractivity contribution in [3.8, 4) is 5.75 Å². The molecular formula is C25H22ClNO. The van der Waals surface area contributed by atoms with E-state index in [4.69, 9.17) is 16.3 Å². The third-order valence-corrected chi connectivity index (χ3v) is 5.14. The minimum atomic E-state index is 0.514. The molecule has 0 aliphatic carbocycles. The van der Waals surface area contributed by atoms with Crippen LogP contribution < -0.4 is 10.1 Å². The van der Waals surface area contributed by atoms with Gasteiger partial charge in [0.15, 0.2) is 0 Å². The van der Waals surface area contributed by atoms with Crippen molar-refractivity contribution in [1.29, 1.82) is 0 Å². The summed E-state index contributed by atoms with van der Waals surface area (Å²) in [4.78, 5) is 0. The van der Waals surface area contributed by atoms with Gasteiger partial charge >= 0.3 is 0 Å². The Kier molecular flexibility index (Phi) is 5.50. The van der Waals surface area contributed by atoms with Crippen LogP contribution >= 0.6 is 11.6 Å². The maximum Gasteiger partial charge on any atom is 0.124 e. The standard InChI is InChI=1S/C25H22ClNO/c1-18-7-2-5-12-24(18)27-16-21-15-22(26)13-14-25(21)28-17-20-10-6-9-19-8-3-4-11-23(19)20/h2-15,27H,16-17H2,1H3. The van der Waals surface area contributed by atoms with E-state index >= 15 is 0 Å². The molecule has 0 bridgehead atoms. The van der Waals surface area contributed by atoms with Crippen LogP contribution in [0.25, 0.3) is 10.8 Å². The monoisotopic (exact) mass is 387 g/mol. The van der Waals surface area contributed by atoms with E-state index in [1.165, 1.54) is 21.9 Å². The summed E-state index contributed by atoms with van der Waals surface area (Å²) in [5.74, 6) is 0.846. The first-order valence-electron chi connectivity index (χ1n) is 9.38. The maximum atomic E-state index is 6.24. The smallest absolute Gasteiger partial charge is 0.124 e. The summed E-state index contributed by atoms with van der Waals surface area (Å²) in [6.07, 6.45) is 0. The molecule has 140 valence electrons. The van der Waals surface area contributed by atoms with Crippen LogP contribution in [0.2, 0.25) is 5.02 Å². The molecule has 3 heteroatoms. The van der Waals surface area contributed by atoms with Gasteiger partial charge in [-0.2, -0.15) is 0 Å². The molecule has 0 aliphatic rings. The summed E-state index contributed by atoms with van der Waals surface area (Å²) >= 11 is 6.24. The van der Waals surface area contributed by atoms with Gasteiger partial charge in [0.2, 0.25) is 0 Å². The van der Waals surface area contributed by atoms with E-state index in [9.17, 15) is 0 Å². The molecular weight excluding hydrogens is 366 g/mol. The van der Waals surface area contributed by atoms with Gasteiger partial charge in [-0.15, -0.1) is 0 Å². The zero-order chi connectivity index (χ0) is 19.3. The molecule has 1 N–H and O–H groups in total. The highest BCUT2D eigenvalue weighted by molar-refractivity contribution is 6.30. The van der Waals surface area contributed by atoms with Gasteiger partial charge < -0.3 is 10.1 Å². The number of benzene rings is 4. The van der Waals surface area contributed by atoms with Crippen molar-refractivity contribution in [1.82, 2.24) is 0 Å². The van der Waals surface area contributed by atoms with E-state index < -0.39 is 0 Å².